The molecule has 1 fully saturated rings. The number of rotatable bonds is 6. The number of amides is 1. The second-order valence-corrected chi connectivity index (χ2v) is 8.47. The number of hydrogen-bond acceptors (Lipinski definition) is 5. The van der Waals surface area contributed by atoms with Gasteiger partial charge in [-0.1, -0.05) is 48.3 Å². The van der Waals surface area contributed by atoms with Gasteiger partial charge in [0.2, 0.25) is 5.91 Å². The van der Waals surface area contributed by atoms with E-state index in [4.69, 9.17) is 16.9 Å². The molecular formula is C22H20ClN5OS. The molecule has 1 aliphatic rings. The second-order valence-electron chi connectivity index (χ2n) is 7.12. The van der Waals surface area contributed by atoms with Crippen molar-refractivity contribution < 1.29 is 4.79 Å². The number of nitriles is 1. The largest absolute Gasteiger partial charge is 0.325 e. The third-order valence-electron chi connectivity index (χ3n) is 5.10. The van der Waals surface area contributed by atoms with Crippen molar-refractivity contribution in [3.8, 4) is 17.5 Å². The summed E-state index contributed by atoms with van der Waals surface area (Å²) in [5.41, 5.74) is 2.07. The van der Waals surface area contributed by atoms with E-state index >= 15 is 0 Å². The lowest BCUT2D eigenvalue weighted by Gasteiger charge is -2.17. The Labute approximate surface area is 184 Å². The van der Waals surface area contributed by atoms with E-state index in [2.05, 4.69) is 26.2 Å². The van der Waals surface area contributed by atoms with E-state index in [0.29, 0.717) is 22.3 Å². The molecule has 1 aliphatic carbocycles. The summed E-state index contributed by atoms with van der Waals surface area (Å²) in [6.45, 7) is 0. The quantitative estimate of drug-likeness (QED) is 0.528. The first kappa shape index (κ1) is 20.5. The van der Waals surface area contributed by atoms with Crippen molar-refractivity contribution in [3.63, 3.8) is 0 Å². The number of benzene rings is 2. The van der Waals surface area contributed by atoms with Crippen molar-refractivity contribution in [2.75, 3.05) is 11.1 Å². The van der Waals surface area contributed by atoms with Crippen LogP contribution in [-0.2, 0) is 4.79 Å². The number of carbonyl (C=O) groups excluding carboxylic acids is 1. The van der Waals surface area contributed by atoms with Crippen LogP contribution in [0.2, 0.25) is 5.02 Å². The van der Waals surface area contributed by atoms with Crippen LogP contribution in [0.1, 0.15) is 37.3 Å². The fourth-order valence-electron chi connectivity index (χ4n) is 3.65. The Balaban J connectivity index is 1.51. The first-order chi connectivity index (χ1) is 14.7. The highest BCUT2D eigenvalue weighted by Crippen LogP contribution is 2.38. The number of thioether (sulfide) groups is 1. The predicted octanol–water partition coefficient (Wildman–Crippen LogP) is 5.32. The summed E-state index contributed by atoms with van der Waals surface area (Å²) in [5, 5.41) is 21.9. The number of nitrogens with zero attached hydrogens (tertiary/aromatic N) is 4. The molecule has 2 aromatic carbocycles. The SMILES string of the molecule is N#Cc1ccc(NC(=O)CSc2nnc(-c3ccccc3Cl)n2C2CCCC2)cc1. The molecular weight excluding hydrogens is 418 g/mol. The second kappa shape index (κ2) is 9.33. The maximum Gasteiger partial charge on any atom is 0.234 e. The molecule has 6 nitrogen and oxygen atoms in total. The molecule has 1 amide bonds. The molecule has 1 aromatic heterocycles. The van der Waals surface area contributed by atoms with Gasteiger partial charge in [0.05, 0.1) is 22.4 Å². The highest BCUT2D eigenvalue weighted by Gasteiger charge is 2.26. The van der Waals surface area contributed by atoms with Gasteiger partial charge in [0.25, 0.3) is 0 Å². The number of carbonyl (C=O) groups is 1. The van der Waals surface area contributed by atoms with Gasteiger partial charge < -0.3 is 5.32 Å². The molecule has 4 rings (SSSR count). The highest BCUT2D eigenvalue weighted by atomic mass is 35.5. The molecule has 30 heavy (non-hydrogen) atoms. The first-order valence-electron chi connectivity index (χ1n) is 9.78. The van der Waals surface area contributed by atoms with E-state index in [1.54, 1.807) is 24.3 Å². The highest BCUT2D eigenvalue weighted by molar-refractivity contribution is 7.99. The molecule has 0 atom stereocenters. The molecule has 0 saturated heterocycles. The van der Waals surface area contributed by atoms with Crippen molar-refractivity contribution in [3.05, 3.63) is 59.1 Å². The van der Waals surface area contributed by atoms with Crippen LogP contribution in [0.4, 0.5) is 5.69 Å². The lowest BCUT2D eigenvalue weighted by atomic mass is 10.2. The van der Waals surface area contributed by atoms with Gasteiger partial charge in [0.1, 0.15) is 0 Å². The third kappa shape index (κ3) is 4.50. The van der Waals surface area contributed by atoms with Crippen LogP contribution in [0.3, 0.4) is 0 Å². The Morgan fingerprint density at radius 2 is 1.90 bits per heavy atom. The van der Waals surface area contributed by atoms with Crippen LogP contribution in [0, 0.1) is 11.3 Å². The van der Waals surface area contributed by atoms with Gasteiger partial charge in [-0.15, -0.1) is 10.2 Å². The Kier molecular flexibility index (Phi) is 6.36. The van der Waals surface area contributed by atoms with E-state index in [0.717, 1.165) is 29.4 Å². The molecule has 0 unspecified atom stereocenters. The van der Waals surface area contributed by atoms with Gasteiger partial charge in [-0.25, -0.2) is 0 Å². The van der Waals surface area contributed by atoms with Crippen LogP contribution in [0.5, 0.6) is 0 Å². The summed E-state index contributed by atoms with van der Waals surface area (Å²) in [7, 11) is 0. The Morgan fingerprint density at radius 1 is 1.17 bits per heavy atom. The summed E-state index contributed by atoms with van der Waals surface area (Å²) in [6, 6.07) is 16.8. The van der Waals surface area contributed by atoms with Crippen LogP contribution in [-0.4, -0.2) is 26.4 Å². The maximum absolute atomic E-state index is 12.4. The van der Waals surface area contributed by atoms with E-state index in [1.165, 1.54) is 24.6 Å². The third-order valence-corrected chi connectivity index (χ3v) is 6.37. The zero-order chi connectivity index (χ0) is 20.9. The predicted molar refractivity (Wildman–Crippen MR) is 118 cm³/mol. The van der Waals surface area contributed by atoms with Gasteiger partial charge in [0, 0.05) is 17.3 Å². The lowest BCUT2D eigenvalue weighted by molar-refractivity contribution is -0.113. The Morgan fingerprint density at radius 3 is 2.60 bits per heavy atom. The van der Waals surface area contributed by atoms with E-state index in [9.17, 15) is 4.79 Å². The van der Waals surface area contributed by atoms with Gasteiger partial charge in [-0.05, 0) is 49.2 Å². The number of halogens is 1. The molecule has 8 heteroatoms. The standard InChI is InChI=1S/C22H20ClN5OS/c23-19-8-4-3-7-18(19)21-26-27-22(28(21)17-5-1-2-6-17)30-14-20(29)25-16-11-9-15(13-24)10-12-16/h3-4,7-12,17H,1-2,5-6,14H2,(H,25,29). The van der Waals surface area contributed by atoms with E-state index in [-0.39, 0.29) is 11.7 Å². The normalized spacial score (nSPS) is 13.9. The van der Waals surface area contributed by atoms with Crippen LogP contribution in [0.25, 0.3) is 11.4 Å². The average molecular weight is 438 g/mol. The zero-order valence-electron chi connectivity index (χ0n) is 16.2. The molecule has 0 aliphatic heterocycles. The lowest BCUT2D eigenvalue weighted by Crippen LogP contribution is -2.15. The average Bonchev–Trinajstić information content (AvgIpc) is 3.43. The number of hydrogen-bond donors (Lipinski definition) is 1. The first-order valence-corrected chi connectivity index (χ1v) is 11.1. The van der Waals surface area contributed by atoms with Crippen molar-refractivity contribution >= 4 is 35.0 Å². The summed E-state index contributed by atoms with van der Waals surface area (Å²) < 4.78 is 2.15. The molecule has 0 radical (unpaired) electrons. The molecule has 0 bridgehead atoms. The van der Waals surface area contributed by atoms with Gasteiger partial charge >= 0.3 is 0 Å². The summed E-state index contributed by atoms with van der Waals surface area (Å²) in [6.07, 6.45) is 4.49. The van der Waals surface area contributed by atoms with Crippen LogP contribution >= 0.6 is 23.4 Å². The summed E-state index contributed by atoms with van der Waals surface area (Å²) in [4.78, 5) is 12.4. The maximum atomic E-state index is 12.4. The number of anilines is 1. The summed E-state index contributed by atoms with van der Waals surface area (Å²) >= 11 is 7.79. The minimum Gasteiger partial charge on any atom is -0.325 e. The molecule has 0 spiro atoms. The summed E-state index contributed by atoms with van der Waals surface area (Å²) in [5.74, 6) is 0.834. The van der Waals surface area contributed by atoms with Crippen molar-refractivity contribution in [1.29, 1.82) is 5.26 Å². The van der Waals surface area contributed by atoms with Gasteiger partial charge in [-0.2, -0.15) is 5.26 Å². The fourth-order valence-corrected chi connectivity index (χ4v) is 4.67. The van der Waals surface area contributed by atoms with Crippen molar-refractivity contribution in [1.82, 2.24) is 14.8 Å². The van der Waals surface area contributed by atoms with Gasteiger partial charge in [0.15, 0.2) is 11.0 Å². The van der Waals surface area contributed by atoms with Crippen molar-refractivity contribution in [2.45, 2.75) is 36.9 Å². The number of nitrogens with one attached hydrogen (secondary N) is 1. The monoisotopic (exact) mass is 437 g/mol. The topological polar surface area (TPSA) is 83.6 Å². The van der Waals surface area contributed by atoms with Crippen LogP contribution < -0.4 is 5.32 Å². The molecule has 152 valence electrons. The van der Waals surface area contributed by atoms with Crippen molar-refractivity contribution in [2.24, 2.45) is 0 Å². The Bertz CT molecular complexity index is 1080. The minimum absolute atomic E-state index is 0.134. The molecule has 3 aromatic rings. The van der Waals surface area contributed by atoms with Crippen LogP contribution in [0.15, 0.2) is 53.7 Å². The number of aromatic nitrogens is 3. The molecule has 1 saturated carbocycles. The van der Waals surface area contributed by atoms with E-state index < -0.39 is 0 Å². The fraction of sp³-hybridized carbons (Fsp3) is 0.273. The zero-order valence-corrected chi connectivity index (χ0v) is 17.8. The van der Waals surface area contributed by atoms with E-state index in [1.807, 2.05) is 24.3 Å². The smallest absolute Gasteiger partial charge is 0.234 e. The Hall–Kier alpha value is -2.82. The van der Waals surface area contributed by atoms with Gasteiger partial charge in [-0.3, -0.25) is 9.36 Å². The minimum atomic E-state index is -0.134. The molecule has 1 heterocycles. The molecule has 1 N–H and O–H groups in total.